The van der Waals surface area contributed by atoms with Gasteiger partial charge >= 0.3 is 5.97 Å². The first-order valence-corrected chi connectivity index (χ1v) is 11.9. The maximum absolute atomic E-state index is 13.5. The zero-order chi connectivity index (χ0) is 25.4. The van der Waals surface area contributed by atoms with Gasteiger partial charge in [0.05, 0.1) is 12.6 Å². The quantitative estimate of drug-likeness (QED) is 0.425. The molecule has 8 nitrogen and oxygen atoms in total. The number of hydrogen-bond acceptors (Lipinski definition) is 5. The molecule has 1 saturated heterocycles. The van der Waals surface area contributed by atoms with Crippen LogP contribution in [-0.4, -0.2) is 52.0 Å². The minimum Gasteiger partial charge on any atom is -0.508 e. The topological polar surface area (TPSA) is 119 Å². The number of carbonyl (C=O) groups is 3. The molecule has 0 saturated carbocycles. The number of hydrogen-bond donors (Lipinski definition) is 4. The van der Waals surface area contributed by atoms with Gasteiger partial charge < -0.3 is 20.4 Å². The number of nitrogens with one attached hydrogen (secondary N) is 2. The minimum absolute atomic E-state index is 0.145. The Hall–Kier alpha value is -4.17. The number of amides is 2. The highest BCUT2D eigenvalue weighted by atomic mass is 16.4. The number of benzene rings is 3. The summed E-state index contributed by atoms with van der Waals surface area (Å²) < 4.78 is 0. The molecule has 0 bridgehead atoms. The first kappa shape index (κ1) is 23.6. The molecule has 184 valence electrons. The lowest BCUT2D eigenvalue weighted by Crippen LogP contribution is -2.44. The third-order valence-electron chi connectivity index (χ3n) is 7.04. The number of anilines is 1. The van der Waals surface area contributed by atoms with Crippen LogP contribution in [0.2, 0.25) is 0 Å². The second kappa shape index (κ2) is 9.47. The van der Waals surface area contributed by atoms with Gasteiger partial charge in [-0.1, -0.05) is 42.5 Å². The molecular weight excluding hydrogens is 458 g/mol. The molecule has 3 aromatic rings. The molecule has 36 heavy (non-hydrogen) atoms. The van der Waals surface area contributed by atoms with Crippen molar-refractivity contribution in [1.82, 2.24) is 10.2 Å². The average Bonchev–Trinajstić information content (AvgIpc) is 3.43. The molecule has 1 aliphatic carbocycles. The summed E-state index contributed by atoms with van der Waals surface area (Å²) in [5, 5.41) is 25.0. The van der Waals surface area contributed by atoms with Gasteiger partial charge in [0.25, 0.3) is 0 Å². The molecule has 2 amide bonds. The first-order chi connectivity index (χ1) is 17.3. The van der Waals surface area contributed by atoms with E-state index in [1.807, 2.05) is 42.5 Å². The van der Waals surface area contributed by atoms with Gasteiger partial charge in [-0.15, -0.1) is 0 Å². The fourth-order valence-electron chi connectivity index (χ4n) is 5.45. The van der Waals surface area contributed by atoms with E-state index in [-0.39, 0.29) is 36.1 Å². The highest BCUT2D eigenvalue weighted by Gasteiger charge is 2.41. The smallest absolute Gasteiger partial charge is 0.317 e. The highest BCUT2D eigenvalue weighted by Crippen LogP contribution is 2.44. The zero-order valence-corrected chi connectivity index (χ0v) is 19.8. The van der Waals surface area contributed by atoms with E-state index in [0.29, 0.717) is 18.7 Å². The Labute approximate surface area is 208 Å². The van der Waals surface area contributed by atoms with Crippen molar-refractivity contribution in [1.29, 1.82) is 0 Å². The van der Waals surface area contributed by atoms with Gasteiger partial charge in [-0.3, -0.25) is 19.7 Å². The van der Waals surface area contributed by atoms with Crippen molar-refractivity contribution in [2.75, 3.05) is 18.4 Å². The second-order valence-corrected chi connectivity index (χ2v) is 9.23. The van der Waals surface area contributed by atoms with Gasteiger partial charge in [-0.2, -0.15) is 0 Å². The largest absolute Gasteiger partial charge is 0.508 e. The fraction of sp³-hybridized carbons (Fsp3) is 0.250. The molecule has 1 heterocycles. The SMILES string of the molecule is CC(=O)N1CCC(c2ccc(O)cc2)C1C(=O)Nc1ccc2c(c1)C(NCC(=O)O)c1ccccc1-2. The van der Waals surface area contributed by atoms with E-state index in [1.165, 1.54) is 6.92 Å². The average molecular weight is 486 g/mol. The molecule has 3 aromatic carbocycles. The van der Waals surface area contributed by atoms with Crippen molar-refractivity contribution in [2.24, 2.45) is 0 Å². The molecule has 4 N–H and O–H groups in total. The Bertz CT molecular complexity index is 1340. The van der Waals surface area contributed by atoms with Crippen LogP contribution in [0.5, 0.6) is 5.75 Å². The summed E-state index contributed by atoms with van der Waals surface area (Å²) >= 11 is 0. The van der Waals surface area contributed by atoms with Crippen LogP contribution in [0.4, 0.5) is 5.69 Å². The lowest BCUT2D eigenvalue weighted by atomic mass is 9.91. The number of likely N-dealkylation sites (tertiary alicyclic amines) is 1. The van der Waals surface area contributed by atoms with Crippen LogP contribution < -0.4 is 10.6 Å². The number of rotatable bonds is 6. The van der Waals surface area contributed by atoms with Crippen LogP contribution in [0.1, 0.15) is 42.0 Å². The second-order valence-electron chi connectivity index (χ2n) is 9.23. The summed E-state index contributed by atoms with van der Waals surface area (Å²) in [6.45, 7) is 1.74. The number of carbonyl (C=O) groups excluding carboxylic acids is 2. The van der Waals surface area contributed by atoms with E-state index in [9.17, 15) is 24.6 Å². The van der Waals surface area contributed by atoms with Gasteiger partial charge in [0.2, 0.25) is 11.8 Å². The summed E-state index contributed by atoms with van der Waals surface area (Å²) in [6.07, 6.45) is 0.642. The molecule has 0 aromatic heterocycles. The molecule has 1 fully saturated rings. The lowest BCUT2D eigenvalue weighted by molar-refractivity contribution is -0.136. The molecular formula is C28H27N3O5. The summed E-state index contributed by atoms with van der Waals surface area (Å²) in [6, 6.07) is 19.2. The monoisotopic (exact) mass is 485 g/mol. The minimum atomic E-state index is -0.948. The first-order valence-electron chi connectivity index (χ1n) is 11.9. The number of carboxylic acids is 1. The summed E-state index contributed by atoms with van der Waals surface area (Å²) in [7, 11) is 0. The molecule has 3 unspecified atom stereocenters. The normalized spacial score (nSPS) is 20.0. The van der Waals surface area contributed by atoms with Gasteiger partial charge in [-0.05, 0) is 58.5 Å². The van der Waals surface area contributed by atoms with Gasteiger partial charge in [0, 0.05) is 25.1 Å². The van der Waals surface area contributed by atoms with E-state index in [1.54, 1.807) is 29.2 Å². The summed E-state index contributed by atoms with van der Waals surface area (Å²) in [5.74, 6) is -1.45. The highest BCUT2D eigenvalue weighted by molar-refractivity contribution is 5.98. The van der Waals surface area contributed by atoms with Crippen molar-refractivity contribution in [2.45, 2.75) is 31.3 Å². The molecule has 3 atom stereocenters. The summed E-state index contributed by atoms with van der Waals surface area (Å²) in [5.41, 5.74) is 5.36. The van der Waals surface area contributed by atoms with Gasteiger partial charge in [0.15, 0.2) is 0 Å². The van der Waals surface area contributed by atoms with E-state index in [4.69, 9.17) is 0 Å². The number of aromatic hydroxyl groups is 1. The molecule has 1 aliphatic heterocycles. The van der Waals surface area contributed by atoms with E-state index in [2.05, 4.69) is 10.6 Å². The van der Waals surface area contributed by atoms with E-state index in [0.717, 1.165) is 27.8 Å². The maximum Gasteiger partial charge on any atom is 0.317 e. The predicted octanol–water partition coefficient (Wildman–Crippen LogP) is 3.48. The van der Waals surface area contributed by atoms with Crippen LogP contribution in [0, 0.1) is 0 Å². The van der Waals surface area contributed by atoms with Gasteiger partial charge in [0.1, 0.15) is 11.8 Å². The van der Waals surface area contributed by atoms with Crippen LogP contribution in [0.25, 0.3) is 11.1 Å². The standard InChI is InChI=1S/C28H27N3O5/c1-16(32)31-13-12-20(17-6-9-19(33)10-7-17)27(31)28(36)30-18-8-11-22-21-4-2-3-5-23(21)26(24(22)14-18)29-15-25(34)35/h2-11,14,20,26-27,29,33H,12-13,15H2,1H3,(H,30,36)(H,34,35). The van der Waals surface area contributed by atoms with Crippen LogP contribution in [0.3, 0.4) is 0 Å². The number of phenols is 1. The van der Waals surface area contributed by atoms with Crippen molar-refractivity contribution in [3.8, 4) is 16.9 Å². The lowest BCUT2D eigenvalue weighted by Gasteiger charge is -2.27. The Morgan fingerprint density at radius 1 is 0.972 bits per heavy atom. The molecule has 5 rings (SSSR count). The van der Waals surface area contributed by atoms with Crippen molar-refractivity contribution < 1.29 is 24.6 Å². The maximum atomic E-state index is 13.5. The number of fused-ring (bicyclic) bond motifs is 3. The number of phenolic OH excluding ortho intramolecular Hbond substituents is 1. The third-order valence-corrected chi connectivity index (χ3v) is 7.04. The number of carboxylic acid groups (broad SMARTS) is 1. The third kappa shape index (κ3) is 4.31. The molecule has 2 aliphatic rings. The molecule has 0 radical (unpaired) electrons. The zero-order valence-electron chi connectivity index (χ0n) is 19.8. The van der Waals surface area contributed by atoms with E-state index >= 15 is 0 Å². The summed E-state index contributed by atoms with van der Waals surface area (Å²) in [4.78, 5) is 38.7. The van der Waals surface area contributed by atoms with E-state index < -0.39 is 12.0 Å². The number of aliphatic carboxylic acids is 1. The van der Waals surface area contributed by atoms with Crippen molar-refractivity contribution in [3.63, 3.8) is 0 Å². The predicted molar refractivity (Wildman–Crippen MR) is 135 cm³/mol. The Balaban J connectivity index is 1.43. The Kier molecular flexibility index (Phi) is 6.20. The van der Waals surface area contributed by atoms with Crippen LogP contribution in [-0.2, 0) is 14.4 Å². The van der Waals surface area contributed by atoms with Crippen molar-refractivity contribution >= 4 is 23.5 Å². The molecule has 8 heteroatoms. The Morgan fingerprint density at radius 3 is 2.42 bits per heavy atom. The van der Waals surface area contributed by atoms with Crippen LogP contribution in [0.15, 0.2) is 66.7 Å². The fourth-order valence-corrected chi connectivity index (χ4v) is 5.45. The Morgan fingerprint density at radius 2 is 1.69 bits per heavy atom. The number of nitrogens with zero attached hydrogens (tertiary/aromatic N) is 1. The van der Waals surface area contributed by atoms with Crippen molar-refractivity contribution in [3.05, 3.63) is 83.4 Å². The van der Waals surface area contributed by atoms with Gasteiger partial charge in [-0.25, -0.2) is 0 Å². The van der Waals surface area contributed by atoms with Crippen LogP contribution >= 0.6 is 0 Å². The molecule has 0 spiro atoms.